The monoisotopic (exact) mass is 417 g/mol. The molecule has 2 heterocycles. The maximum absolute atomic E-state index is 13.3. The standard InChI is InChI=1S/C24H25FN6/c1-3-6-21-30-22-23(18-7-4-5-8-19(18)29-24(22)27)31(21)14-17(26)13-20(28-2)15-9-11-16(25)12-10-15/h4-5,7-13,26,28H,3,6,14H2,1-2H3,(H2,27,29)/p+1/b20-13-,26-17?. The van der Waals surface area contributed by atoms with E-state index in [1.807, 2.05) is 42.7 Å². The zero-order valence-corrected chi connectivity index (χ0v) is 17.7. The van der Waals surface area contributed by atoms with Crippen molar-refractivity contribution in [3.05, 3.63) is 71.8 Å². The van der Waals surface area contributed by atoms with Crippen LogP contribution >= 0.6 is 0 Å². The van der Waals surface area contributed by atoms with E-state index >= 15 is 0 Å². The average Bonchev–Trinajstić information content (AvgIpc) is 3.12. The van der Waals surface area contributed by atoms with E-state index in [2.05, 4.69) is 16.5 Å². The zero-order valence-electron chi connectivity index (χ0n) is 17.7. The van der Waals surface area contributed by atoms with Gasteiger partial charge in [0.1, 0.15) is 22.9 Å². The van der Waals surface area contributed by atoms with Gasteiger partial charge in [-0.2, -0.15) is 0 Å². The summed E-state index contributed by atoms with van der Waals surface area (Å²) in [6, 6.07) is 14.2. The minimum Gasteiger partial charge on any atom is -0.382 e. The highest BCUT2D eigenvalue weighted by molar-refractivity contribution is 6.07. The molecule has 31 heavy (non-hydrogen) atoms. The Labute approximate surface area is 180 Å². The van der Waals surface area contributed by atoms with Crippen LogP contribution < -0.4 is 11.1 Å². The van der Waals surface area contributed by atoms with Crippen LogP contribution in [-0.2, 0) is 13.0 Å². The summed E-state index contributed by atoms with van der Waals surface area (Å²) in [4.78, 5) is 9.29. The largest absolute Gasteiger partial charge is 0.382 e. The van der Waals surface area contributed by atoms with Gasteiger partial charge in [0.2, 0.25) is 0 Å². The van der Waals surface area contributed by atoms with Crippen molar-refractivity contribution in [2.75, 3.05) is 12.8 Å². The normalized spacial score (nSPS) is 12.0. The Hall–Kier alpha value is -3.58. The van der Waals surface area contributed by atoms with Gasteiger partial charge in [0.25, 0.3) is 0 Å². The number of quaternary nitrogens is 1. The fourth-order valence-corrected chi connectivity index (χ4v) is 3.87. The smallest absolute Gasteiger partial charge is 0.152 e. The molecule has 2 aromatic carbocycles. The van der Waals surface area contributed by atoms with Gasteiger partial charge in [-0.1, -0.05) is 25.1 Å². The SMILES string of the molecule is CCCc1nc2c(N)nc3ccccc3c2n1CC(=N)/C=C(\[NH2+]C)c1ccc(F)cc1. The lowest BCUT2D eigenvalue weighted by Gasteiger charge is -2.11. The van der Waals surface area contributed by atoms with E-state index in [9.17, 15) is 4.39 Å². The molecule has 7 heteroatoms. The van der Waals surface area contributed by atoms with Crippen LogP contribution in [0.25, 0.3) is 27.6 Å². The average molecular weight is 418 g/mol. The van der Waals surface area contributed by atoms with Crippen molar-refractivity contribution in [2.24, 2.45) is 0 Å². The molecule has 0 aliphatic rings. The number of halogens is 1. The molecule has 0 fully saturated rings. The van der Waals surface area contributed by atoms with E-state index in [0.29, 0.717) is 23.6 Å². The molecule has 0 spiro atoms. The van der Waals surface area contributed by atoms with Gasteiger partial charge in [0.05, 0.1) is 30.3 Å². The molecule has 6 nitrogen and oxygen atoms in total. The highest BCUT2D eigenvalue weighted by Gasteiger charge is 2.18. The minimum absolute atomic E-state index is 0.276. The first-order valence-corrected chi connectivity index (χ1v) is 10.4. The maximum Gasteiger partial charge on any atom is 0.152 e. The van der Waals surface area contributed by atoms with Crippen LogP contribution in [0.4, 0.5) is 10.2 Å². The summed E-state index contributed by atoms with van der Waals surface area (Å²) in [5, 5.41) is 11.6. The Morgan fingerprint density at radius 3 is 2.61 bits per heavy atom. The molecule has 5 N–H and O–H groups in total. The molecule has 0 aliphatic carbocycles. The van der Waals surface area contributed by atoms with Gasteiger partial charge in [-0.3, -0.25) is 0 Å². The predicted molar refractivity (Wildman–Crippen MR) is 123 cm³/mol. The number of rotatable bonds is 7. The third-order valence-electron chi connectivity index (χ3n) is 5.31. The van der Waals surface area contributed by atoms with Crippen LogP contribution in [0.1, 0.15) is 24.7 Å². The van der Waals surface area contributed by atoms with Crippen LogP contribution in [0.3, 0.4) is 0 Å². The number of nitrogens with one attached hydrogen (secondary N) is 1. The first-order valence-electron chi connectivity index (χ1n) is 10.4. The number of imidazole rings is 1. The number of hydrogen-bond acceptors (Lipinski definition) is 4. The van der Waals surface area contributed by atoms with Gasteiger partial charge >= 0.3 is 0 Å². The molecule has 4 aromatic rings. The Morgan fingerprint density at radius 1 is 1.16 bits per heavy atom. The lowest BCUT2D eigenvalue weighted by Crippen LogP contribution is -2.76. The second-order valence-electron chi connectivity index (χ2n) is 7.50. The van der Waals surface area contributed by atoms with E-state index in [0.717, 1.165) is 46.3 Å². The third-order valence-corrected chi connectivity index (χ3v) is 5.31. The van der Waals surface area contributed by atoms with Crippen molar-refractivity contribution in [1.29, 1.82) is 5.41 Å². The number of benzene rings is 2. The fourth-order valence-electron chi connectivity index (χ4n) is 3.87. The molecule has 0 atom stereocenters. The Morgan fingerprint density at radius 2 is 1.90 bits per heavy atom. The van der Waals surface area contributed by atoms with Gasteiger partial charge in [0.15, 0.2) is 5.82 Å². The van der Waals surface area contributed by atoms with E-state index < -0.39 is 0 Å². The number of pyridine rings is 1. The van der Waals surface area contributed by atoms with E-state index in [-0.39, 0.29) is 5.82 Å². The van der Waals surface area contributed by atoms with Gasteiger partial charge in [-0.15, -0.1) is 0 Å². The molecule has 0 radical (unpaired) electrons. The number of hydrogen-bond donors (Lipinski definition) is 3. The number of allylic oxidation sites excluding steroid dienone is 1. The first kappa shape index (κ1) is 20.7. The number of aromatic nitrogens is 3. The summed E-state index contributed by atoms with van der Waals surface area (Å²) >= 11 is 0. The number of para-hydroxylation sites is 1. The number of anilines is 1. The Kier molecular flexibility index (Phi) is 5.77. The number of aryl methyl sites for hydroxylation is 1. The van der Waals surface area contributed by atoms with Crippen molar-refractivity contribution in [1.82, 2.24) is 14.5 Å². The topological polar surface area (TPSA) is 97.2 Å². The van der Waals surface area contributed by atoms with Gasteiger partial charge in [-0.05, 0) is 36.8 Å². The molecule has 4 rings (SSSR count). The number of nitrogens with zero attached hydrogens (tertiary/aromatic N) is 3. The number of fused-ring (bicyclic) bond motifs is 3. The summed E-state index contributed by atoms with van der Waals surface area (Å²) in [7, 11) is 1.91. The fraction of sp³-hybridized carbons (Fsp3) is 0.208. The summed E-state index contributed by atoms with van der Waals surface area (Å²) < 4.78 is 15.4. The van der Waals surface area contributed by atoms with Crippen molar-refractivity contribution < 1.29 is 9.71 Å². The summed E-state index contributed by atoms with van der Waals surface area (Å²) in [6.07, 6.45) is 3.53. The molecule has 0 bridgehead atoms. The lowest BCUT2D eigenvalue weighted by molar-refractivity contribution is -0.530. The third kappa shape index (κ3) is 4.04. The van der Waals surface area contributed by atoms with Gasteiger partial charge < -0.3 is 21.0 Å². The molecule has 0 aliphatic heterocycles. The van der Waals surface area contributed by atoms with Crippen LogP contribution in [0, 0.1) is 11.2 Å². The minimum atomic E-state index is -0.276. The Balaban J connectivity index is 1.80. The molecular formula is C24H26FN6+. The van der Waals surface area contributed by atoms with Gasteiger partial charge in [0, 0.05) is 23.4 Å². The van der Waals surface area contributed by atoms with E-state index in [4.69, 9.17) is 16.1 Å². The van der Waals surface area contributed by atoms with Crippen LogP contribution in [0.5, 0.6) is 0 Å². The molecule has 0 saturated carbocycles. The molecular weight excluding hydrogens is 391 g/mol. The lowest BCUT2D eigenvalue weighted by atomic mass is 10.1. The van der Waals surface area contributed by atoms with Gasteiger partial charge in [-0.25, -0.2) is 14.4 Å². The highest BCUT2D eigenvalue weighted by Crippen LogP contribution is 2.29. The molecule has 0 amide bonds. The summed E-state index contributed by atoms with van der Waals surface area (Å²) in [5.74, 6) is 1.02. The second kappa shape index (κ2) is 8.65. The zero-order chi connectivity index (χ0) is 22.0. The van der Waals surface area contributed by atoms with Crippen molar-refractivity contribution in [3.63, 3.8) is 0 Å². The second-order valence-corrected chi connectivity index (χ2v) is 7.50. The number of nitrogens with two attached hydrogens (primary N) is 2. The van der Waals surface area contributed by atoms with E-state index in [1.165, 1.54) is 12.1 Å². The number of nitrogen functional groups attached to an aromatic ring is 1. The Bertz CT molecular complexity index is 1290. The predicted octanol–water partition coefficient (Wildman–Crippen LogP) is 3.51. The van der Waals surface area contributed by atoms with Crippen molar-refractivity contribution >= 4 is 39.2 Å². The first-order chi connectivity index (χ1) is 15.0. The van der Waals surface area contributed by atoms with Crippen LogP contribution in [0.15, 0.2) is 54.6 Å². The van der Waals surface area contributed by atoms with Crippen LogP contribution in [-0.4, -0.2) is 27.3 Å². The highest BCUT2D eigenvalue weighted by atomic mass is 19.1. The van der Waals surface area contributed by atoms with Crippen LogP contribution in [0.2, 0.25) is 0 Å². The quantitative estimate of drug-likeness (QED) is 0.401. The molecule has 158 valence electrons. The van der Waals surface area contributed by atoms with Crippen molar-refractivity contribution in [2.45, 2.75) is 26.3 Å². The van der Waals surface area contributed by atoms with E-state index in [1.54, 1.807) is 12.1 Å². The summed E-state index contributed by atoms with van der Waals surface area (Å²) in [5.41, 5.74) is 10.8. The maximum atomic E-state index is 13.3. The molecule has 0 saturated heterocycles. The summed E-state index contributed by atoms with van der Waals surface area (Å²) in [6.45, 7) is 2.46. The molecule has 0 unspecified atom stereocenters. The van der Waals surface area contributed by atoms with Crippen molar-refractivity contribution in [3.8, 4) is 0 Å². The molecule has 2 aromatic heterocycles.